The number of halogens is 3. The van der Waals surface area contributed by atoms with E-state index in [0.29, 0.717) is 37.3 Å². The maximum atomic E-state index is 13.0. The number of alkyl halides is 3. The minimum atomic E-state index is -5.54. The highest BCUT2D eigenvalue weighted by Gasteiger charge is 2.46. The Kier molecular flexibility index (Phi) is 9.32. The van der Waals surface area contributed by atoms with Crippen LogP contribution in [0.1, 0.15) is 48.3 Å². The third-order valence-electron chi connectivity index (χ3n) is 6.51. The van der Waals surface area contributed by atoms with E-state index in [-0.39, 0.29) is 5.69 Å². The molecule has 0 amide bonds. The van der Waals surface area contributed by atoms with Crippen LogP contribution in [0.4, 0.5) is 18.9 Å². The van der Waals surface area contributed by atoms with E-state index in [1.54, 1.807) is 29.0 Å². The monoisotopic (exact) mass is 571 g/mol. The summed E-state index contributed by atoms with van der Waals surface area (Å²) in [5, 5.41) is 4.85. The fourth-order valence-electron chi connectivity index (χ4n) is 4.53. The number of sulfonamides is 1. The molecule has 3 aromatic carbocycles. The number of aryl methyl sites for hydroxylation is 2. The fourth-order valence-corrected chi connectivity index (χ4v) is 5.11. The third-order valence-corrected chi connectivity index (χ3v) is 7.61. The first-order chi connectivity index (χ1) is 19.1. The van der Waals surface area contributed by atoms with E-state index < -0.39 is 15.5 Å². The SMILES string of the molecule is CCCc1nn(CC)c(COCc2ccccc2)c1Cc1ccc(-c2ccccc2NS(=O)(=O)C(F)(F)F)cc1. The predicted molar refractivity (Wildman–Crippen MR) is 150 cm³/mol. The molecule has 1 aromatic heterocycles. The van der Waals surface area contributed by atoms with Crippen LogP contribution in [0.5, 0.6) is 0 Å². The molecular formula is C30H32F3N3O3S. The summed E-state index contributed by atoms with van der Waals surface area (Å²) in [5.41, 5.74) is 0.643. The molecule has 0 fully saturated rings. The Balaban J connectivity index is 1.58. The summed E-state index contributed by atoms with van der Waals surface area (Å²) in [5.74, 6) is 0. The number of benzene rings is 3. The van der Waals surface area contributed by atoms with Gasteiger partial charge in [-0.3, -0.25) is 9.40 Å². The second-order valence-corrected chi connectivity index (χ2v) is 11.1. The van der Waals surface area contributed by atoms with Crippen LogP contribution in [-0.2, 0) is 47.4 Å². The number of aromatic nitrogens is 2. The summed E-state index contributed by atoms with van der Waals surface area (Å²) in [6.45, 7) is 5.78. The van der Waals surface area contributed by atoms with Crippen LogP contribution in [0, 0.1) is 0 Å². The summed E-state index contributed by atoms with van der Waals surface area (Å²) in [7, 11) is -5.54. The summed E-state index contributed by atoms with van der Waals surface area (Å²) in [4.78, 5) is 0. The van der Waals surface area contributed by atoms with Crippen LogP contribution < -0.4 is 4.72 Å². The van der Waals surface area contributed by atoms with Gasteiger partial charge in [0.05, 0.1) is 30.3 Å². The molecule has 212 valence electrons. The first kappa shape index (κ1) is 29.4. The molecule has 4 rings (SSSR count). The van der Waals surface area contributed by atoms with Gasteiger partial charge in [0.15, 0.2) is 0 Å². The largest absolute Gasteiger partial charge is 0.516 e. The third kappa shape index (κ3) is 6.92. The minimum Gasteiger partial charge on any atom is -0.370 e. The lowest BCUT2D eigenvalue weighted by atomic mass is 9.97. The number of anilines is 1. The average molecular weight is 572 g/mol. The fraction of sp³-hybridized carbons (Fsp3) is 0.300. The normalized spacial score (nSPS) is 12.0. The van der Waals surface area contributed by atoms with Crippen LogP contribution in [-0.4, -0.2) is 23.7 Å². The topological polar surface area (TPSA) is 73.2 Å². The summed E-state index contributed by atoms with van der Waals surface area (Å²) >= 11 is 0. The van der Waals surface area contributed by atoms with E-state index >= 15 is 0 Å². The average Bonchev–Trinajstić information content (AvgIpc) is 3.25. The number of nitrogens with zero attached hydrogens (tertiary/aromatic N) is 2. The van der Waals surface area contributed by atoms with Crippen molar-refractivity contribution in [3.8, 4) is 11.1 Å². The van der Waals surface area contributed by atoms with Crippen LogP contribution in [0.2, 0.25) is 0 Å². The summed E-state index contributed by atoms with van der Waals surface area (Å²) < 4.78 is 72.0. The Morgan fingerprint density at radius 2 is 1.55 bits per heavy atom. The highest BCUT2D eigenvalue weighted by atomic mass is 32.2. The maximum absolute atomic E-state index is 13.0. The highest BCUT2D eigenvalue weighted by Crippen LogP contribution is 2.33. The molecule has 0 saturated carbocycles. The molecule has 4 aromatic rings. The van der Waals surface area contributed by atoms with Gasteiger partial charge in [-0.15, -0.1) is 0 Å². The van der Waals surface area contributed by atoms with E-state index in [0.717, 1.165) is 40.9 Å². The molecule has 0 bridgehead atoms. The Hall–Kier alpha value is -3.63. The Bertz CT molecular complexity index is 1520. The van der Waals surface area contributed by atoms with Gasteiger partial charge in [-0.05, 0) is 36.1 Å². The Labute approximate surface area is 232 Å². The standard InChI is InChI=1S/C30H32F3N3O3S/c1-3-10-27-26(29(36(4-2)34-27)21-39-20-23-11-6-5-7-12-23)19-22-15-17-24(18-16-22)25-13-8-9-14-28(25)35-40(37,38)30(31,32)33/h5-9,11-18,35H,3-4,10,19-21H2,1-2H3. The van der Waals surface area contributed by atoms with Crippen LogP contribution in [0.15, 0.2) is 78.9 Å². The zero-order chi connectivity index (χ0) is 28.8. The molecule has 1 heterocycles. The van der Waals surface area contributed by atoms with Crippen molar-refractivity contribution >= 4 is 15.7 Å². The van der Waals surface area contributed by atoms with Gasteiger partial charge >= 0.3 is 15.5 Å². The second-order valence-electron chi connectivity index (χ2n) is 9.39. The van der Waals surface area contributed by atoms with Crippen molar-refractivity contribution in [3.05, 3.63) is 107 Å². The molecule has 0 aliphatic heterocycles. The minimum absolute atomic E-state index is 0.139. The van der Waals surface area contributed by atoms with Crippen molar-refractivity contribution in [3.63, 3.8) is 0 Å². The van der Waals surface area contributed by atoms with E-state index in [1.165, 1.54) is 12.1 Å². The number of hydrogen-bond donors (Lipinski definition) is 1. The molecule has 0 radical (unpaired) electrons. The zero-order valence-electron chi connectivity index (χ0n) is 22.4. The van der Waals surface area contributed by atoms with Crippen molar-refractivity contribution in [1.82, 2.24) is 9.78 Å². The summed E-state index contributed by atoms with van der Waals surface area (Å²) in [6.07, 6.45) is 2.39. The number of hydrogen-bond acceptors (Lipinski definition) is 4. The van der Waals surface area contributed by atoms with Gasteiger partial charge in [-0.1, -0.05) is 86.1 Å². The first-order valence-corrected chi connectivity index (χ1v) is 14.6. The van der Waals surface area contributed by atoms with Crippen LogP contribution in [0.25, 0.3) is 11.1 Å². The first-order valence-electron chi connectivity index (χ1n) is 13.1. The quantitative estimate of drug-likeness (QED) is 0.197. The molecule has 10 heteroatoms. The number of rotatable bonds is 12. The molecule has 0 atom stereocenters. The molecule has 6 nitrogen and oxygen atoms in total. The van der Waals surface area contributed by atoms with Gasteiger partial charge < -0.3 is 4.74 Å². The van der Waals surface area contributed by atoms with Gasteiger partial charge in [0.1, 0.15) is 0 Å². The van der Waals surface area contributed by atoms with Crippen molar-refractivity contribution in [2.24, 2.45) is 0 Å². The highest BCUT2D eigenvalue weighted by molar-refractivity contribution is 7.93. The van der Waals surface area contributed by atoms with Crippen molar-refractivity contribution in [1.29, 1.82) is 0 Å². The van der Waals surface area contributed by atoms with Gasteiger partial charge in [-0.2, -0.15) is 26.7 Å². The Morgan fingerprint density at radius 3 is 2.20 bits per heavy atom. The van der Waals surface area contributed by atoms with E-state index in [1.807, 2.05) is 54.1 Å². The van der Waals surface area contributed by atoms with E-state index in [9.17, 15) is 21.6 Å². The van der Waals surface area contributed by atoms with E-state index in [4.69, 9.17) is 9.84 Å². The van der Waals surface area contributed by atoms with Gasteiger partial charge in [0.2, 0.25) is 0 Å². The Morgan fingerprint density at radius 1 is 0.875 bits per heavy atom. The van der Waals surface area contributed by atoms with Crippen LogP contribution >= 0.6 is 0 Å². The van der Waals surface area contributed by atoms with Crippen LogP contribution in [0.3, 0.4) is 0 Å². The van der Waals surface area contributed by atoms with Crippen molar-refractivity contribution in [2.75, 3.05) is 4.72 Å². The number of nitrogens with one attached hydrogen (secondary N) is 1. The van der Waals surface area contributed by atoms with Crippen molar-refractivity contribution in [2.45, 2.75) is 58.4 Å². The number of para-hydroxylation sites is 1. The van der Waals surface area contributed by atoms with Gasteiger partial charge in [-0.25, -0.2) is 0 Å². The predicted octanol–water partition coefficient (Wildman–Crippen LogP) is 7.09. The molecule has 40 heavy (non-hydrogen) atoms. The molecule has 0 aliphatic carbocycles. The molecule has 1 N–H and O–H groups in total. The zero-order valence-corrected chi connectivity index (χ0v) is 23.2. The molecular weight excluding hydrogens is 539 g/mol. The summed E-state index contributed by atoms with van der Waals surface area (Å²) in [6, 6.07) is 23.4. The van der Waals surface area contributed by atoms with Gasteiger partial charge in [0, 0.05) is 24.1 Å². The van der Waals surface area contributed by atoms with E-state index in [2.05, 4.69) is 6.92 Å². The number of ether oxygens (including phenoxy) is 1. The smallest absolute Gasteiger partial charge is 0.370 e. The molecule has 0 spiro atoms. The molecule has 0 unspecified atom stereocenters. The lowest BCUT2D eigenvalue weighted by molar-refractivity contribution is -0.0429. The molecule has 0 aliphatic rings. The lowest BCUT2D eigenvalue weighted by Crippen LogP contribution is -2.30. The van der Waals surface area contributed by atoms with Crippen molar-refractivity contribution < 1.29 is 26.3 Å². The second kappa shape index (κ2) is 12.7. The molecule has 0 saturated heterocycles. The lowest BCUT2D eigenvalue weighted by Gasteiger charge is -2.15. The maximum Gasteiger partial charge on any atom is 0.516 e. The van der Waals surface area contributed by atoms with Gasteiger partial charge in [0.25, 0.3) is 0 Å².